The third-order valence-corrected chi connectivity index (χ3v) is 5.19. The topological polar surface area (TPSA) is 74.0 Å². The molecule has 1 aromatic carbocycles. The number of pyridine rings is 1. The van der Waals surface area contributed by atoms with Crippen LogP contribution < -0.4 is 0 Å². The summed E-state index contributed by atoms with van der Waals surface area (Å²) >= 11 is 6.98. The predicted molar refractivity (Wildman–Crippen MR) is 99.5 cm³/mol. The van der Waals surface area contributed by atoms with Gasteiger partial charge in [0.05, 0.1) is 26.9 Å². The van der Waals surface area contributed by atoms with E-state index in [-0.39, 0.29) is 11.3 Å². The van der Waals surface area contributed by atoms with Gasteiger partial charge in [-0.3, -0.25) is 9.78 Å². The molecule has 2 unspecified atom stereocenters. The fourth-order valence-electron chi connectivity index (χ4n) is 2.66. The number of aliphatic hydroxyl groups excluding tert-OH is 1. The van der Waals surface area contributed by atoms with Crippen LogP contribution in [0.5, 0.6) is 0 Å². The van der Waals surface area contributed by atoms with E-state index in [2.05, 4.69) is 4.98 Å². The zero-order valence-electron chi connectivity index (χ0n) is 13.7. The molecule has 2 atom stereocenters. The minimum absolute atomic E-state index is 0.196. The monoisotopic (exact) mass is 406 g/mol. The second kappa shape index (κ2) is 8.04. The number of hydrogen-bond donors (Lipinski definition) is 2. The summed E-state index contributed by atoms with van der Waals surface area (Å²) in [5, 5.41) is 19.2. The van der Waals surface area contributed by atoms with Gasteiger partial charge in [-0.1, -0.05) is 17.7 Å². The summed E-state index contributed by atoms with van der Waals surface area (Å²) in [5.74, 6) is -4.00. The lowest BCUT2D eigenvalue weighted by Gasteiger charge is -2.22. The number of thiophene rings is 1. The van der Waals surface area contributed by atoms with Crippen LogP contribution in [0, 0.1) is 23.0 Å². The van der Waals surface area contributed by atoms with Gasteiger partial charge in [-0.05, 0) is 35.9 Å². The molecule has 2 N–H and O–H groups in total. The van der Waals surface area contributed by atoms with Crippen molar-refractivity contribution < 1.29 is 18.7 Å². The van der Waals surface area contributed by atoms with Crippen molar-refractivity contribution in [3.63, 3.8) is 0 Å². The highest BCUT2D eigenvalue weighted by Crippen LogP contribution is 2.32. The number of benzene rings is 1. The second-order valence-corrected chi connectivity index (χ2v) is 7.46. The fraction of sp³-hybridized carbons (Fsp3) is 0.105. The van der Waals surface area contributed by atoms with E-state index in [1.54, 1.807) is 24.3 Å². The first-order valence-corrected chi connectivity index (χ1v) is 8.98. The molecule has 138 valence electrons. The van der Waals surface area contributed by atoms with Crippen LogP contribution in [0.25, 0.3) is 0 Å². The average molecular weight is 407 g/mol. The Labute approximate surface area is 162 Å². The van der Waals surface area contributed by atoms with Gasteiger partial charge in [0, 0.05) is 24.0 Å². The number of aliphatic hydroxyl groups is 1. The molecular formula is C19H13ClF2N2O2S. The third-order valence-electron chi connectivity index (χ3n) is 3.92. The van der Waals surface area contributed by atoms with Crippen LogP contribution in [0.2, 0.25) is 4.34 Å². The molecular weight excluding hydrogens is 394 g/mol. The summed E-state index contributed by atoms with van der Waals surface area (Å²) in [6.07, 6.45) is 1.44. The van der Waals surface area contributed by atoms with Crippen LogP contribution in [-0.2, 0) is 0 Å². The summed E-state index contributed by atoms with van der Waals surface area (Å²) in [7, 11) is 0. The third kappa shape index (κ3) is 4.27. The highest BCUT2D eigenvalue weighted by Gasteiger charge is 2.34. The number of carbonyl (C=O) groups is 1. The second-order valence-electron chi connectivity index (χ2n) is 5.75. The molecule has 0 spiro atoms. The summed E-state index contributed by atoms with van der Waals surface area (Å²) in [6, 6.07) is 8.65. The molecule has 0 bridgehead atoms. The predicted octanol–water partition coefficient (Wildman–Crippen LogP) is 4.68. The van der Waals surface area contributed by atoms with Crippen molar-refractivity contribution >= 4 is 34.4 Å². The molecule has 8 heteroatoms. The number of halogens is 3. The lowest BCUT2D eigenvalue weighted by atomic mass is 9.85. The van der Waals surface area contributed by atoms with E-state index in [1.165, 1.54) is 12.4 Å². The van der Waals surface area contributed by atoms with Gasteiger partial charge in [0.25, 0.3) is 0 Å². The largest absolute Gasteiger partial charge is 0.387 e. The fourth-order valence-corrected chi connectivity index (χ4v) is 3.70. The lowest BCUT2D eigenvalue weighted by molar-refractivity contribution is 0.0792. The van der Waals surface area contributed by atoms with Crippen molar-refractivity contribution in [3.05, 3.63) is 86.8 Å². The van der Waals surface area contributed by atoms with Crippen molar-refractivity contribution in [3.8, 4) is 0 Å². The summed E-state index contributed by atoms with van der Waals surface area (Å²) in [5.41, 5.74) is -0.161. The number of rotatable bonds is 6. The van der Waals surface area contributed by atoms with Crippen molar-refractivity contribution in [2.24, 2.45) is 5.92 Å². The zero-order chi connectivity index (χ0) is 19.6. The van der Waals surface area contributed by atoms with E-state index >= 15 is 0 Å². The quantitative estimate of drug-likeness (QED) is 0.461. The molecule has 0 aliphatic rings. The van der Waals surface area contributed by atoms with Crippen LogP contribution in [0.1, 0.15) is 26.9 Å². The molecule has 0 aliphatic carbocycles. The number of nitrogens with zero attached hydrogens (tertiary/aromatic N) is 1. The van der Waals surface area contributed by atoms with Gasteiger partial charge in [-0.25, -0.2) is 8.78 Å². The van der Waals surface area contributed by atoms with Crippen LogP contribution in [0.15, 0.2) is 54.9 Å². The van der Waals surface area contributed by atoms with E-state index in [4.69, 9.17) is 17.0 Å². The van der Waals surface area contributed by atoms with E-state index in [1.807, 2.05) is 0 Å². The molecule has 0 radical (unpaired) electrons. The van der Waals surface area contributed by atoms with Gasteiger partial charge in [0.15, 0.2) is 5.78 Å². The smallest absolute Gasteiger partial charge is 0.175 e. The van der Waals surface area contributed by atoms with Crippen LogP contribution in [-0.4, -0.2) is 21.6 Å². The molecule has 4 nitrogen and oxygen atoms in total. The number of hydrogen-bond acceptors (Lipinski definition) is 5. The number of carbonyl (C=O) groups excluding carboxylic acids is 1. The minimum Gasteiger partial charge on any atom is -0.387 e. The SMILES string of the molecule is N=C(c1ccc(Cl)s1)C(C(=O)c1cc(F)cc(F)c1)C(O)c1cccnc1. The Morgan fingerprint density at radius 2 is 1.89 bits per heavy atom. The normalized spacial score (nSPS) is 13.2. The van der Waals surface area contributed by atoms with Crippen molar-refractivity contribution in [1.29, 1.82) is 5.41 Å². The van der Waals surface area contributed by atoms with Gasteiger partial charge >= 0.3 is 0 Å². The molecule has 2 heterocycles. The maximum atomic E-state index is 13.6. The number of Topliss-reactive ketones (excluding diaryl/α,β-unsaturated/α-hetero) is 1. The first kappa shape index (κ1) is 19.3. The maximum Gasteiger partial charge on any atom is 0.175 e. The molecule has 0 aliphatic heterocycles. The van der Waals surface area contributed by atoms with Gasteiger partial charge in [0.1, 0.15) is 11.6 Å². The van der Waals surface area contributed by atoms with Crippen molar-refractivity contribution in [2.45, 2.75) is 6.10 Å². The van der Waals surface area contributed by atoms with Crippen LogP contribution >= 0.6 is 22.9 Å². The van der Waals surface area contributed by atoms with Gasteiger partial charge < -0.3 is 10.5 Å². The van der Waals surface area contributed by atoms with Crippen molar-refractivity contribution in [1.82, 2.24) is 4.98 Å². The van der Waals surface area contributed by atoms with E-state index < -0.39 is 29.4 Å². The average Bonchev–Trinajstić information content (AvgIpc) is 3.08. The van der Waals surface area contributed by atoms with Gasteiger partial charge in [0.2, 0.25) is 0 Å². The molecule has 0 saturated carbocycles. The van der Waals surface area contributed by atoms with Gasteiger partial charge in [-0.15, -0.1) is 11.3 Å². The van der Waals surface area contributed by atoms with E-state index in [9.17, 15) is 18.7 Å². The molecule has 27 heavy (non-hydrogen) atoms. The summed E-state index contributed by atoms with van der Waals surface area (Å²) in [6.45, 7) is 0. The first-order valence-electron chi connectivity index (χ1n) is 7.79. The maximum absolute atomic E-state index is 13.6. The number of ketones is 1. The van der Waals surface area contributed by atoms with E-state index in [0.717, 1.165) is 23.5 Å². The Balaban J connectivity index is 2.06. The Morgan fingerprint density at radius 3 is 2.44 bits per heavy atom. The Hall–Kier alpha value is -2.48. The summed E-state index contributed by atoms with van der Waals surface area (Å²) < 4.78 is 27.5. The highest BCUT2D eigenvalue weighted by molar-refractivity contribution is 7.18. The van der Waals surface area contributed by atoms with Crippen molar-refractivity contribution in [2.75, 3.05) is 0 Å². The van der Waals surface area contributed by atoms with Crippen LogP contribution in [0.3, 0.4) is 0 Å². The Bertz CT molecular complexity index is 974. The zero-order valence-corrected chi connectivity index (χ0v) is 15.3. The molecule has 3 aromatic rings. The molecule has 3 rings (SSSR count). The van der Waals surface area contributed by atoms with Gasteiger partial charge in [-0.2, -0.15) is 0 Å². The minimum atomic E-state index is -1.43. The van der Waals surface area contributed by atoms with E-state index in [0.29, 0.717) is 20.8 Å². The number of nitrogens with one attached hydrogen (secondary N) is 1. The molecule has 2 aromatic heterocycles. The molecule has 0 fully saturated rings. The Kier molecular flexibility index (Phi) is 5.74. The highest BCUT2D eigenvalue weighted by atomic mass is 35.5. The summed E-state index contributed by atoms with van der Waals surface area (Å²) in [4.78, 5) is 17.3. The van der Waals surface area contributed by atoms with Crippen LogP contribution in [0.4, 0.5) is 8.78 Å². The molecule has 0 amide bonds. The lowest BCUT2D eigenvalue weighted by Crippen LogP contribution is -2.30. The number of aromatic nitrogens is 1. The Morgan fingerprint density at radius 1 is 1.19 bits per heavy atom. The first-order chi connectivity index (χ1) is 12.9. The standard InChI is InChI=1S/C19H13ClF2N2O2S/c20-15-4-3-14(27-15)17(23)16(18(25)10-2-1-5-24-9-10)19(26)11-6-12(21)8-13(22)7-11/h1-9,16,18,23,25H. The molecule has 0 saturated heterocycles.